The first-order valence-electron chi connectivity index (χ1n) is 13.0. The summed E-state index contributed by atoms with van der Waals surface area (Å²) in [4.78, 5) is 50.7. The number of aliphatic hydroxyl groups excluding tert-OH is 1. The lowest BCUT2D eigenvalue weighted by atomic mass is 9.35. The van der Waals surface area contributed by atoms with E-state index in [0.29, 0.717) is 19.3 Å². The number of allylic oxidation sites excluding steroid dienone is 2. The van der Waals surface area contributed by atoms with E-state index in [0.717, 1.165) is 0 Å². The van der Waals surface area contributed by atoms with Crippen LogP contribution in [-0.2, 0) is 38.1 Å². The fourth-order valence-corrected chi connectivity index (χ4v) is 9.40. The second-order valence-electron chi connectivity index (χ2n) is 12.9. The number of hydrogen-bond acceptors (Lipinski definition) is 9. The molecule has 10 atom stereocenters. The molecule has 0 bridgehead atoms. The Balaban J connectivity index is 1.54. The standard InChI is InChI=1S/C28H34O9/c1-13(29)34-18-12-16-24(2,3)17(30)8-9-25(16,4)15-7-10-26(5)20(14-11-19(31)35-22(14)32)36-23(33)21-28(26,37-21)27(15,18)6/h8-9,11,15-16,18,20-22,32H,7,10,12H2,1-6H3. The average molecular weight is 515 g/mol. The van der Waals surface area contributed by atoms with E-state index >= 15 is 0 Å². The summed E-state index contributed by atoms with van der Waals surface area (Å²) < 4.78 is 23.3. The van der Waals surface area contributed by atoms with Gasteiger partial charge in [-0.3, -0.25) is 9.59 Å². The summed E-state index contributed by atoms with van der Waals surface area (Å²) >= 11 is 0. The van der Waals surface area contributed by atoms with Crippen LogP contribution in [0.3, 0.4) is 0 Å². The summed E-state index contributed by atoms with van der Waals surface area (Å²) in [6.07, 6.45) is 2.63. The third-order valence-corrected chi connectivity index (χ3v) is 11.1. The Labute approximate surface area is 215 Å². The Morgan fingerprint density at radius 1 is 1.05 bits per heavy atom. The molecule has 6 rings (SSSR count). The zero-order chi connectivity index (χ0) is 26.9. The highest BCUT2D eigenvalue weighted by molar-refractivity contribution is 5.96. The maximum atomic E-state index is 13.3. The van der Waals surface area contributed by atoms with Crippen LogP contribution in [0, 0.1) is 33.5 Å². The average Bonchev–Trinajstić information content (AvgIpc) is 3.49. The van der Waals surface area contributed by atoms with Crippen molar-refractivity contribution in [3.8, 4) is 0 Å². The van der Waals surface area contributed by atoms with Gasteiger partial charge in [-0.1, -0.05) is 40.7 Å². The van der Waals surface area contributed by atoms with Gasteiger partial charge in [-0.2, -0.15) is 0 Å². The Kier molecular flexibility index (Phi) is 4.77. The fraction of sp³-hybridized carbons (Fsp3) is 0.714. The quantitative estimate of drug-likeness (QED) is 0.335. The Morgan fingerprint density at radius 2 is 1.76 bits per heavy atom. The summed E-state index contributed by atoms with van der Waals surface area (Å²) in [6, 6.07) is 0. The molecule has 3 heterocycles. The second kappa shape index (κ2) is 7.11. The van der Waals surface area contributed by atoms with Gasteiger partial charge in [0.05, 0.1) is 0 Å². The normalized spacial score (nSPS) is 51.0. The van der Waals surface area contributed by atoms with Crippen molar-refractivity contribution in [3.63, 3.8) is 0 Å². The van der Waals surface area contributed by atoms with Crippen LogP contribution in [0.25, 0.3) is 0 Å². The van der Waals surface area contributed by atoms with Gasteiger partial charge in [-0.15, -0.1) is 0 Å². The molecule has 6 aliphatic rings. The molecule has 0 aromatic rings. The predicted molar refractivity (Wildman–Crippen MR) is 126 cm³/mol. The Morgan fingerprint density at radius 3 is 2.38 bits per heavy atom. The van der Waals surface area contributed by atoms with Gasteiger partial charge >= 0.3 is 17.9 Å². The number of hydrogen-bond donors (Lipinski definition) is 1. The number of epoxide rings is 1. The molecular weight excluding hydrogens is 480 g/mol. The van der Waals surface area contributed by atoms with Gasteiger partial charge in [0.2, 0.25) is 6.29 Å². The van der Waals surface area contributed by atoms with Crippen molar-refractivity contribution in [1.82, 2.24) is 0 Å². The molecule has 0 radical (unpaired) electrons. The first kappa shape index (κ1) is 24.8. The number of ketones is 1. The van der Waals surface area contributed by atoms with E-state index in [9.17, 15) is 24.3 Å². The van der Waals surface area contributed by atoms with E-state index in [2.05, 4.69) is 6.92 Å². The molecule has 9 nitrogen and oxygen atoms in total. The minimum Gasteiger partial charge on any atom is -0.462 e. The number of carbonyl (C=O) groups is 4. The van der Waals surface area contributed by atoms with E-state index in [4.69, 9.17) is 18.9 Å². The van der Waals surface area contributed by atoms with Crippen LogP contribution in [-0.4, -0.2) is 59.0 Å². The Hall–Kier alpha value is -2.52. The SMILES string of the molecule is CC(=O)OC1CC2C(C)(C)C(=O)C=CC2(C)C2CCC3(C)C(C4=CC(=O)OC4O)OC(=O)C4OC43C12C. The maximum absolute atomic E-state index is 13.3. The van der Waals surface area contributed by atoms with E-state index in [-0.39, 0.29) is 23.2 Å². The molecule has 2 saturated carbocycles. The van der Waals surface area contributed by atoms with Gasteiger partial charge in [-0.05, 0) is 42.6 Å². The van der Waals surface area contributed by atoms with Crippen molar-refractivity contribution in [2.75, 3.05) is 0 Å². The van der Waals surface area contributed by atoms with E-state index in [1.807, 2.05) is 33.8 Å². The van der Waals surface area contributed by atoms with Crippen molar-refractivity contribution in [2.24, 2.45) is 33.5 Å². The summed E-state index contributed by atoms with van der Waals surface area (Å²) in [6.45, 7) is 11.4. The lowest BCUT2D eigenvalue weighted by Crippen LogP contribution is -2.74. The number of rotatable bonds is 2. The van der Waals surface area contributed by atoms with Gasteiger partial charge in [0.15, 0.2) is 11.9 Å². The van der Waals surface area contributed by atoms with E-state index < -0.39 is 69.8 Å². The Bertz CT molecular complexity index is 1200. The number of carbonyl (C=O) groups excluding carboxylic acids is 4. The smallest absolute Gasteiger partial charge is 0.339 e. The molecule has 37 heavy (non-hydrogen) atoms. The van der Waals surface area contributed by atoms with Crippen LogP contribution in [0.2, 0.25) is 0 Å². The van der Waals surface area contributed by atoms with E-state index in [1.54, 1.807) is 6.08 Å². The van der Waals surface area contributed by atoms with Crippen molar-refractivity contribution in [1.29, 1.82) is 0 Å². The van der Waals surface area contributed by atoms with Crippen LogP contribution in [0.1, 0.15) is 60.8 Å². The lowest BCUT2D eigenvalue weighted by molar-refractivity contribution is -0.248. The minimum absolute atomic E-state index is 0.0487. The highest BCUT2D eigenvalue weighted by atomic mass is 16.7. The van der Waals surface area contributed by atoms with Crippen molar-refractivity contribution in [2.45, 2.75) is 91.0 Å². The topological polar surface area (TPSA) is 129 Å². The molecule has 3 aliphatic heterocycles. The molecule has 0 aromatic carbocycles. The van der Waals surface area contributed by atoms with Gasteiger partial charge in [0.1, 0.15) is 17.8 Å². The molecular formula is C28H34O9. The molecule has 2 saturated heterocycles. The third-order valence-electron chi connectivity index (χ3n) is 11.1. The summed E-state index contributed by atoms with van der Waals surface area (Å²) in [5, 5.41) is 10.5. The second-order valence-corrected chi connectivity index (χ2v) is 12.9. The number of aliphatic hydroxyl groups is 1. The fourth-order valence-electron chi connectivity index (χ4n) is 9.40. The zero-order valence-corrected chi connectivity index (χ0v) is 22.0. The van der Waals surface area contributed by atoms with Crippen molar-refractivity contribution in [3.05, 3.63) is 23.8 Å². The molecule has 3 aliphatic carbocycles. The minimum atomic E-state index is -1.51. The van der Waals surface area contributed by atoms with Gasteiger partial charge < -0.3 is 24.1 Å². The third kappa shape index (κ3) is 2.72. The molecule has 1 N–H and O–H groups in total. The number of cyclic esters (lactones) is 2. The molecule has 1 spiro atoms. The molecule has 0 amide bonds. The van der Waals surface area contributed by atoms with Gasteiger partial charge in [-0.25, -0.2) is 9.59 Å². The highest BCUT2D eigenvalue weighted by Crippen LogP contribution is 2.78. The maximum Gasteiger partial charge on any atom is 0.339 e. The first-order valence-corrected chi connectivity index (χ1v) is 13.0. The predicted octanol–water partition coefficient (Wildman–Crippen LogP) is 2.40. The van der Waals surface area contributed by atoms with Crippen LogP contribution in [0.5, 0.6) is 0 Å². The van der Waals surface area contributed by atoms with Crippen LogP contribution >= 0.6 is 0 Å². The van der Waals surface area contributed by atoms with Gasteiger partial charge in [0.25, 0.3) is 0 Å². The number of ether oxygens (including phenoxy) is 4. The van der Waals surface area contributed by atoms with Crippen LogP contribution < -0.4 is 0 Å². The molecule has 0 aromatic heterocycles. The summed E-state index contributed by atoms with van der Waals surface area (Å²) in [5.41, 5.74) is -3.60. The molecule has 200 valence electrons. The van der Waals surface area contributed by atoms with Crippen molar-refractivity contribution >= 4 is 23.7 Å². The molecule has 9 heteroatoms. The van der Waals surface area contributed by atoms with Crippen LogP contribution in [0.15, 0.2) is 23.8 Å². The number of fused-ring (bicyclic) bond motifs is 3. The van der Waals surface area contributed by atoms with Gasteiger partial charge in [0, 0.05) is 34.8 Å². The number of esters is 3. The first-order chi connectivity index (χ1) is 17.1. The monoisotopic (exact) mass is 514 g/mol. The summed E-state index contributed by atoms with van der Waals surface area (Å²) in [5.74, 6) is -1.83. The zero-order valence-electron chi connectivity index (χ0n) is 22.0. The largest absolute Gasteiger partial charge is 0.462 e. The van der Waals surface area contributed by atoms with E-state index in [1.165, 1.54) is 13.0 Å². The highest BCUT2D eigenvalue weighted by Gasteiger charge is 2.88. The molecule has 4 fully saturated rings. The summed E-state index contributed by atoms with van der Waals surface area (Å²) in [7, 11) is 0. The van der Waals surface area contributed by atoms with Crippen molar-refractivity contribution < 1.29 is 43.2 Å². The van der Waals surface area contributed by atoms with Crippen LogP contribution in [0.4, 0.5) is 0 Å². The lowest BCUT2D eigenvalue weighted by Gasteiger charge is -2.68. The molecule has 10 unspecified atom stereocenters.